The molecule has 0 heterocycles. The monoisotopic (exact) mass is 202 g/mol. The molecule has 3 heteroatoms. The van der Waals surface area contributed by atoms with Crippen molar-refractivity contribution in [2.24, 2.45) is 0 Å². The van der Waals surface area contributed by atoms with E-state index in [1.807, 2.05) is 20.8 Å². The number of carbonyl (C=O) groups is 1. The summed E-state index contributed by atoms with van der Waals surface area (Å²) in [4.78, 5) is 11.3. The lowest BCUT2D eigenvalue weighted by Gasteiger charge is -2.25. The quantitative estimate of drug-likeness (QED) is 0.672. The van der Waals surface area contributed by atoms with Gasteiger partial charge in [-0.25, -0.2) is 0 Å². The van der Waals surface area contributed by atoms with E-state index in [-0.39, 0.29) is 12.4 Å². The fourth-order valence-electron chi connectivity index (χ4n) is 1.34. The van der Waals surface area contributed by atoms with Gasteiger partial charge in [0, 0.05) is 0 Å². The van der Waals surface area contributed by atoms with Gasteiger partial charge in [0.15, 0.2) is 0 Å². The van der Waals surface area contributed by atoms with Crippen LogP contribution in [-0.2, 0) is 9.53 Å². The number of rotatable bonds is 6. The summed E-state index contributed by atoms with van der Waals surface area (Å²) in [6.07, 6.45) is 1.95. The number of hydrogen-bond donors (Lipinski definition) is 1. The van der Waals surface area contributed by atoms with Gasteiger partial charge in [0.1, 0.15) is 5.60 Å². The summed E-state index contributed by atoms with van der Waals surface area (Å²) in [6.45, 7) is 7.69. The molecule has 0 aliphatic carbocycles. The minimum Gasteiger partial charge on any atom is -0.460 e. The van der Waals surface area contributed by atoms with Crippen molar-refractivity contribution in [1.82, 2.24) is 0 Å². The molecule has 84 valence electrons. The van der Waals surface area contributed by atoms with Gasteiger partial charge in [0.05, 0.1) is 12.5 Å². The number of aliphatic hydroxyl groups excluding tert-OH is 1. The summed E-state index contributed by atoms with van der Waals surface area (Å²) in [6, 6.07) is 0. The summed E-state index contributed by atoms with van der Waals surface area (Å²) in [5.74, 6) is -0.308. The van der Waals surface area contributed by atoms with Crippen molar-refractivity contribution >= 4 is 5.97 Å². The molecular weight excluding hydrogens is 180 g/mol. The van der Waals surface area contributed by atoms with Gasteiger partial charge in [-0.05, 0) is 26.7 Å². The number of ether oxygens (including phenoxy) is 1. The SMILES string of the molecule is CCCC(C)(C)OC(=O)CC(O)CC. The van der Waals surface area contributed by atoms with Crippen LogP contribution in [0.15, 0.2) is 0 Å². The van der Waals surface area contributed by atoms with Crippen LogP contribution in [0.2, 0.25) is 0 Å². The molecule has 0 rings (SSSR count). The van der Waals surface area contributed by atoms with Crippen LogP contribution < -0.4 is 0 Å². The van der Waals surface area contributed by atoms with Gasteiger partial charge in [-0.2, -0.15) is 0 Å². The molecule has 3 nitrogen and oxygen atoms in total. The Morgan fingerprint density at radius 2 is 2.00 bits per heavy atom. The highest BCUT2D eigenvalue weighted by molar-refractivity contribution is 5.70. The van der Waals surface area contributed by atoms with Crippen molar-refractivity contribution < 1.29 is 14.6 Å². The Morgan fingerprint density at radius 3 is 2.43 bits per heavy atom. The van der Waals surface area contributed by atoms with Gasteiger partial charge in [0.25, 0.3) is 0 Å². The van der Waals surface area contributed by atoms with Crippen LogP contribution in [0.5, 0.6) is 0 Å². The van der Waals surface area contributed by atoms with Crippen LogP contribution in [-0.4, -0.2) is 22.8 Å². The second-order valence-corrected chi connectivity index (χ2v) is 4.25. The Balaban J connectivity index is 3.92. The Kier molecular flexibility index (Phi) is 5.77. The summed E-state index contributed by atoms with van der Waals surface area (Å²) < 4.78 is 5.25. The van der Waals surface area contributed by atoms with E-state index in [1.54, 1.807) is 0 Å². The third-order valence-electron chi connectivity index (χ3n) is 2.12. The van der Waals surface area contributed by atoms with Crippen molar-refractivity contribution in [3.63, 3.8) is 0 Å². The van der Waals surface area contributed by atoms with Crippen molar-refractivity contribution in [2.45, 2.75) is 65.1 Å². The maximum atomic E-state index is 11.3. The van der Waals surface area contributed by atoms with Gasteiger partial charge in [-0.1, -0.05) is 20.3 Å². The summed E-state index contributed by atoms with van der Waals surface area (Å²) in [5, 5.41) is 9.25. The molecule has 0 aromatic rings. The van der Waals surface area contributed by atoms with Crippen molar-refractivity contribution in [1.29, 1.82) is 0 Å². The zero-order valence-electron chi connectivity index (χ0n) is 9.67. The Morgan fingerprint density at radius 1 is 1.43 bits per heavy atom. The summed E-state index contributed by atoms with van der Waals surface area (Å²) in [5.41, 5.74) is -0.403. The lowest BCUT2D eigenvalue weighted by atomic mass is 10.0. The van der Waals surface area contributed by atoms with Crippen LogP contribution in [0, 0.1) is 0 Å². The van der Waals surface area contributed by atoms with Gasteiger partial charge in [-0.3, -0.25) is 4.79 Å². The third kappa shape index (κ3) is 5.97. The fraction of sp³-hybridized carbons (Fsp3) is 0.909. The molecule has 0 fully saturated rings. The van der Waals surface area contributed by atoms with Crippen molar-refractivity contribution in [2.75, 3.05) is 0 Å². The van der Waals surface area contributed by atoms with Gasteiger partial charge < -0.3 is 9.84 Å². The van der Waals surface area contributed by atoms with E-state index in [0.717, 1.165) is 12.8 Å². The van der Waals surface area contributed by atoms with E-state index in [2.05, 4.69) is 6.92 Å². The van der Waals surface area contributed by atoms with Crippen molar-refractivity contribution in [3.8, 4) is 0 Å². The fourth-order valence-corrected chi connectivity index (χ4v) is 1.34. The predicted molar refractivity (Wildman–Crippen MR) is 56.0 cm³/mol. The molecule has 0 aliphatic heterocycles. The van der Waals surface area contributed by atoms with E-state index in [0.29, 0.717) is 6.42 Å². The Bertz CT molecular complexity index is 175. The normalized spacial score (nSPS) is 13.8. The average Bonchev–Trinajstić information content (AvgIpc) is 2.02. The van der Waals surface area contributed by atoms with Gasteiger partial charge in [-0.15, -0.1) is 0 Å². The first kappa shape index (κ1) is 13.4. The number of hydrogen-bond acceptors (Lipinski definition) is 3. The second-order valence-electron chi connectivity index (χ2n) is 4.25. The molecule has 0 saturated carbocycles. The van der Waals surface area contributed by atoms with Crippen LogP contribution in [0.25, 0.3) is 0 Å². The molecule has 0 saturated heterocycles. The molecule has 0 amide bonds. The average molecular weight is 202 g/mol. The van der Waals surface area contributed by atoms with E-state index in [9.17, 15) is 9.90 Å². The largest absolute Gasteiger partial charge is 0.460 e. The minimum absolute atomic E-state index is 0.101. The van der Waals surface area contributed by atoms with E-state index in [1.165, 1.54) is 0 Å². The highest BCUT2D eigenvalue weighted by Crippen LogP contribution is 2.17. The molecule has 0 aromatic carbocycles. The molecule has 0 spiro atoms. The zero-order valence-corrected chi connectivity index (χ0v) is 9.67. The van der Waals surface area contributed by atoms with Gasteiger partial charge >= 0.3 is 5.97 Å². The molecule has 1 N–H and O–H groups in total. The van der Waals surface area contributed by atoms with Gasteiger partial charge in [0.2, 0.25) is 0 Å². The van der Waals surface area contributed by atoms with Crippen LogP contribution in [0.3, 0.4) is 0 Å². The summed E-state index contributed by atoms with van der Waals surface area (Å²) in [7, 11) is 0. The zero-order chi connectivity index (χ0) is 11.2. The smallest absolute Gasteiger partial charge is 0.308 e. The van der Waals surface area contributed by atoms with E-state index >= 15 is 0 Å². The first-order valence-electron chi connectivity index (χ1n) is 5.31. The van der Waals surface area contributed by atoms with E-state index < -0.39 is 11.7 Å². The van der Waals surface area contributed by atoms with Crippen LogP contribution >= 0.6 is 0 Å². The van der Waals surface area contributed by atoms with Crippen molar-refractivity contribution in [3.05, 3.63) is 0 Å². The standard InChI is InChI=1S/C11H22O3/c1-5-7-11(3,4)14-10(13)8-9(12)6-2/h9,12H,5-8H2,1-4H3. The highest BCUT2D eigenvalue weighted by Gasteiger charge is 2.22. The molecule has 0 aliphatic rings. The number of carbonyl (C=O) groups excluding carboxylic acids is 1. The maximum Gasteiger partial charge on any atom is 0.308 e. The Labute approximate surface area is 86.5 Å². The molecular formula is C11H22O3. The molecule has 0 bridgehead atoms. The lowest BCUT2D eigenvalue weighted by Crippen LogP contribution is -2.29. The maximum absolute atomic E-state index is 11.3. The van der Waals surface area contributed by atoms with Crippen LogP contribution in [0.1, 0.15) is 53.4 Å². The van der Waals surface area contributed by atoms with Crippen LogP contribution in [0.4, 0.5) is 0 Å². The second kappa shape index (κ2) is 6.02. The number of esters is 1. The molecule has 1 atom stereocenters. The highest BCUT2D eigenvalue weighted by atomic mass is 16.6. The molecule has 14 heavy (non-hydrogen) atoms. The summed E-state index contributed by atoms with van der Waals surface area (Å²) >= 11 is 0. The topological polar surface area (TPSA) is 46.5 Å². The molecule has 0 aromatic heterocycles. The lowest BCUT2D eigenvalue weighted by molar-refractivity contribution is -0.159. The first-order chi connectivity index (χ1) is 6.41. The first-order valence-corrected chi connectivity index (χ1v) is 5.31. The third-order valence-corrected chi connectivity index (χ3v) is 2.12. The Hall–Kier alpha value is -0.570. The molecule has 1 unspecified atom stereocenters. The predicted octanol–water partition coefficient (Wildman–Crippen LogP) is 2.27. The molecule has 0 radical (unpaired) electrons. The number of aliphatic hydroxyl groups is 1. The van der Waals surface area contributed by atoms with E-state index in [4.69, 9.17) is 4.74 Å². The minimum atomic E-state index is -0.570.